The van der Waals surface area contributed by atoms with E-state index in [-0.39, 0.29) is 18.3 Å². The molecule has 0 spiro atoms. The predicted molar refractivity (Wildman–Crippen MR) is 140 cm³/mol. The largest absolute Gasteiger partial charge is 0.417 e. The molecule has 5 atom stereocenters. The molecule has 9 nitrogen and oxygen atoms in total. The molecule has 1 aromatic heterocycles. The number of nitrogens with zero attached hydrogens (tertiary/aromatic N) is 4. The molecule has 0 bridgehead atoms. The smallest absolute Gasteiger partial charge is 0.376 e. The maximum atomic E-state index is 12.8. The lowest BCUT2D eigenvalue weighted by Crippen LogP contribution is -2.59. The Morgan fingerprint density at radius 2 is 1.64 bits per heavy atom. The van der Waals surface area contributed by atoms with Crippen molar-refractivity contribution in [2.75, 3.05) is 56.8 Å². The van der Waals surface area contributed by atoms with Gasteiger partial charge in [-0.05, 0) is 43.7 Å². The number of pyridine rings is 1. The number of methoxy groups -OCH3 is 2. The fraction of sp³-hybridized carbons (Fsp3) is 0.556. The number of hydrogen-bond donors (Lipinski definition) is 0. The first kappa shape index (κ1) is 29.1. The molecule has 2 aliphatic rings. The molecule has 0 unspecified atom stereocenters. The van der Waals surface area contributed by atoms with Crippen LogP contribution < -0.4 is 9.80 Å². The number of hydrogen-bond acceptors (Lipinski definition) is 9. The van der Waals surface area contributed by atoms with Crippen LogP contribution in [0.4, 0.5) is 24.7 Å². The van der Waals surface area contributed by atoms with E-state index < -0.39 is 24.1 Å². The summed E-state index contributed by atoms with van der Waals surface area (Å²) in [6.07, 6.45) is -4.08. The predicted octanol–water partition coefficient (Wildman–Crippen LogP) is 3.96. The van der Waals surface area contributed by atoms with Crippen LogP contribution >= 0.6 is 0 Å². The molecule has 214 valence electrons. The van der Waals surface area contributed by atoms with Gasteiger partial charge in [-0.1, -0.05) is 17.3 Å². The summed E-state index contributed by atoms with van der Waals surface area (Å²) in [4.78, 5) is 13.9. The van der Waals surface area contributed by atoms with Gasteiger partial charge in [-0.2, -0.15) is 13.2 Å². The summed E-state index contributed by atoms with van der Waals surface area (Å²) in [7, 11) is 3.18. The van der Waals surface area contributed by atoms with Gasteiger partial charge >= 0.3 is 6.18 Å². The number of piperazine rings is 1. The summed E-state index contributed by atoms with van der Waals surface area (Å²) in [5, 5.41) is 4.13. The summed E-state index contributed by atoms with van der Waals surface area (Å²) in [6, 6.07) is 10.4. The molecule has 0 N–H and O–H groups in total. The molecule has 0 saturated carbocycles. The first-order valence-corrected chi connectivity index (χ1v) is 12.9. The van der Waals surface area contributed by atoms with Gasteiger partial charge < -0.3 is 33.6 Å². The van der Waals surface area contributed by atoms with E-state index in [1.807, 2.05) is 43.0 Å². The Balaban J connectivity index is 1.30. The summed E-state index contributed by atoms with van der Waals surface area (Å²) < 4.78 is 61.4. The van der Waals surface area contributed by atoms with Crippen molar-refractivity contribution in [1.29, 1.82) is 0 Å². The number of aromatic nitrogens is 1. The van der Waals surface area contributed by atoms with E-state index >= 15 is 0 Å². The zero-order valence-electron chi connectivity index (χ0n) is 22.5. The Bertz CT molecular complexity index is 1060. The lowest BCUT2D eigenvalue weighted by Gasteiger charge is -2.42. The summed E-state index contributed by atoms with van der Waals surface area (Å²) in [5.41, 5.74) is 1.15. The van der Waals surface area contributed by atoms with Gasteiger partial charge in [0, 0.05) is 58.9 Å². The second-order valence-corrected chi connectivity index (χ2v) is 9.34. The number of oxime groups is 1. The standard InChI is InChI=1S/C27H35F3N4O5/c1-5-37-24-23(35-3)18(2)38-26(25(24)36-4)39-32-16-19-6-9-21(10-7-19)33-12-14-34(15-13-33)22-11-8-20(17-31-22)27(28,29)30/h6-11,16-18,23-26H,5,12-15H2,1-4H3/b32-16+/t18-,23-,24+,25+,26-/m0/s1. The first-order chi connectivity index (χ1) is 18.7. The second-order valence-electron chi connectivity index (χ2n) is 9.34. The first-order valence-electron chi connectivity index (χ1n) is 12.9. The zero-order valence-corrected chi connectivity index (χ0v) is 22.5. The molecule has 3 heterocycles. The van der Waals surface area contributed by atoms with Crippen molar-refractivity contribution in [3.8, 4) is 0 Å². The molecule has 0 radical (unpaired) electrons. The van der Waals surface area contributed by atoms with Crippen LogP contribution in [0.3, 0.4) is 0 Å². The lowest BCUT2D eigenvalue weighted by atomic mass is 9.99. The highest BCUT2D eigenvalue weighted by Crippen LogP contribution is 2.30. The van der Waals surface area contributed by atoms with Crippen molar-refractivity contribution in [2.45, 2.75) is 50.7 Å². The highest BCUT2D eigenvalue weighted by molar-refractivity contribution is 5.79. The third kappa shape index (κ3) is 6.99. The number of alkyl halides is 3. The monoisotopic (exact) mass is 552 g/mol. The maximum absolute atomic E-state index is 12.8. The SMILES string of the molecule is CCO[C@@H]1[C@@H](OC)[C@H](C)O[C@@H](O/N=C/c2ccc(N3CCN(c4ccc(C(F)(F)F)cn4)CC3)cc2)[C@@H]1OC. The minimum atomic E-state index is -4.39. The van der Waals surface area contributed by atoms with Crippen molar-refractivity contribution in [2.24, 2.45) is 5.16 Å². The van der Waals surface area contributed by atoms with Crippen LogP contribution in [0.2, 0.25) is 0 Å². The Hall–Kier alpha value is -2.93. The van der Waals surface area contributed by atoms with Crippen molar-refractivity contribution in [3.63, 3.8) is 0 Å². The minimum Gasteiger partial charge on any atom is -0.376 e. The van der Waals surface area contributed by atoms with E-state index in [2.05, 4.69) is 15.0 Å². The average molecular weight is 553 g/mol. The van der Waals surface area contributed by atoms with Crippen molar-refractivity contribution < 1.29 is 37.0 Å². The van der Waals surface area contributed by atoms with Gasteiger partial charge in [-0.3, -0.25) is 0 Å². The number of benzene rings is 1. The fourth-order valence-electron chi connectivity index (χ4n) is 4.87. The van der Waals surface area contributed by atoms with Crippen LogP contribution in [0.1, 0.15) is 25.0 Å². The van der Waals surface area contributed by atoms with Gasteiger partial charge in [0.25, 0.3) is 6.29 Å². The van der Waals surface area contributed by atoms with Crippen molar-refractivity contribution in [3.05, 3.63) is 53.7 Å². The second kappa shape index (κ2) is 12.9. The third-order valence-electron chi connectivity index (χ3n) is 6.93. The highest BCUT2D eigenvalue weighted by atomic mass is 19.4. The van der Waals surface area contributed by atoms with Crippen LogP contribution in [-0.2, 0) is 30.0 Å². The van der Waals surface area contributed by atoms with E-state index in [0.29, 0.717) is 25.5 Å². The van der Waals surface area contributed by atoms with Gasteiger partial charge in [-0.15, -0.1) is 0 Å². The van der Waals surface area contributed by atoms with E-state index in [0.717, 1.165) is 36.6 Å². The van der Waals surface area contributed by atoms with Crippen LogP contribution in [0, 0.1) is 0 Å². The van der Waals surface area contributed by atoms with Gasteiger partial charge in [0.05, 0.1) is 17.9 Å². The summed E-state index contributed by atoms with van der Waals surface area (Å²) in [5.74, 6) is 0.548. The normalized spacial score (nSPS) is 26.3. The Morgan fingerprint density at radius 3 is 2.21 bits per heavy atom. The van der Waals surface area contributed by atoms with Crippen LogP contribution in [0.25, 0.3) is 0 Å². The number of halogens is 3. The quantitative estimate of drug-likeness (QED) is 0.342. The lowest BCUT2D eigenvalue weighted by molar-refractivity contribution is -0.308. The highest BCUT2D eigenvalue weighted by Gasteiger charge is 2.47. The molecule has 0 aliphatic carbocycles. The Kier molecular flexibility index (Phi) is 9.65. The Morgan fingerprint density at radius 1 is 0.974 bits per heavy atom. The van der Waals surface area contributed by atoms with Crippen molar-refractivity contribution >= 4 is 17.7 Å². The summed E-state index contributed by atoms with van der Waals surface area (Å²) >= 11 is 0. The average Bonchev–Trinajstić information content (AvgIpc) is 2.93. The third-order valence-corrected chi connectivity index (χ3v) is 6.93. The number of anilines is 2. The van der Waals surface area contributed by atoms with E-state index in [1.165, 1.54) is 6.07 Å². The maximum Gasteiger partial charge on any atom is 0.417 e. The fourth-order valence-corrected chi connectivity index (χ4v) is 4.87. The van der Waals surface area contributed by atoms with Crippen LogP contribution in [0.15, 0.2) is 47.8 Å². The molecular weight excluding hydrogens is 517 g/mol. The molecule has 2 saturated heterocycles. The summed E-state index contributed by atoms with van der Waals surface area (Å²) in [6.45, 7) is 7.06. The van der Waals surface area contributed by atoms with Gasteiger partial charge in [0.2, 0.25) is 0 Å². The van der Waals surface area contributed by atoms with E-state index in [1.54, 1.807) is 20.4 Å². The van der Waals surface area contributed by atoms with Crippen LogP contribution in [0.5, 0.6) is 0 Å². The van der Waals surface area contributed by atoms with E-state index in [4.69, 9.17) is 23.8 Å². The topological polar surface area (TPSA) is 77.9 Å². The molecule has 12 heteroatoms. The molecule has 2 fully saturated rings. The van der Waals surface area contributed by atoms with Gasteiger partial charge in [0.1, 0.15) is 18.0 Å². The molecule has 39 heavy (non-hydrogen) atoms. The van der Waals surface area contributed by atoms with Gasteiger partial charge in [-0.25, -0.2) is 4.98 Å². The molecule has 1 aromatic carbocycles. The molecule has 0 amide bonds. The minimum absolute atomic E-state index is 0.270. The van der Waals surface area contributed by atoms with Crippen molar-refractivity contribution in [1.82, 2.24) is 4.98 Å². The molecular formula is C27H35F3N4O5. The van der Waals surface area contributed by atoms with E-state index in [9.17, 15) is 13.2 Å². The van der Waals surface area contributed by atoms with Crippen LogP contribution in [-0.4, -0.2) is 88.9 Å². The molecule has 2 aliphatic heterocycles. The zero-order chi connectivity index (χ0) is 28.0. The Labute approximate surface area is 226 Å². The number of ether oxygens (including phenoxy) is 4. The number of rotatable bonds is 9. The molecule has 4 rings (SSSR count). The van der Waals surface area contributed by atoms with Gasteiger partial charge in [0.15, 0.2) is 6.10 Å². The molecule has 2 aromatic rings.